The van der Waals surface area contributed by atoms with E-state index in [0.717, 1.165) is 18.8 Å². The van der Waals surface area contributed by atoms with Crippen molar-refractivity contribution in [1.29, 1.82) is 5.26 Å². The maximum atomic E-state index is 11.1. The monoisotopic (exact) mass is 207 g/mol. The van der Waals surface area contributed by atoms with E-state index in [1.54, 1.807) is 0 Å². The molecule has 0 N–H and O–H groups in total. The van der Waals surface area contributed by atoms with Crippen molar-refractivity contribution in [3.63, 3.8) is 0 Å². The lowest BCUT2D eigenvalue weighted by Crippen LogP contribution is -2.39. The van der Waals surface area contributed by atoms with Crippen LogP contribution in [0.2, 0.25) is 0 Å². The standard InChI is InChI=1S/C12H17NO2/c1-9(14)15-12(5-2-6-13)8-10-3-4-11(12)7-10/h10-11H,2-5,7-8H2,1H3. The summed E-state index contributed by atoms with van der Waals surface area (Å²) in [6, 6.07) is 2.16. The van der Waals surface area contributed by atoms with Gasteiger partial charge in [0.25, 0.3) is 0 Å². The largest absolute Gasteiger partial charge is 0.459 e. The number of nitrogens with zero attached hydrogens (tertiary/aromatic N) is 1. The molecule has 2 rings (SSSR count). The molecule has 2 fully saturated rings. The Balaban J connectivity index is 2.09. The molecule has 2 saturated carbocycles. The molecule has 3 heteroatoms. The molecule has 0 radical (unpaired) electrons. The van der Waals surface area contributed by atoms with Crippen LogP contribution in [0.3, 0.4) is 0 Å². The summed E-state index contributed by atoms with van der Waals surface area (Å²) in [7, 11) is 0. The Morgan fingerprint density at radius 2 is 2.40 bits per heavy atom. The lowest BCUT2D eigenvalue weighted by molar-refractivity contribution is -0.164. The number of ether oxygens (including phenoxy) is 1. The van der Waals surface area contributed by atoms with Crippen LogP contribution in [-0.4, -0.2) is 11.6 Å². The number of hydrogen-bond donors (Lipinski definition) is 0. The molecule has 2 aliphatic rings. The predicted molar refractivity (Wildman–Crippen MR) is 54.8 cm³/mol. The Kier molecular flexibility index (Phi) is 2.68. The topological polar surface area (TPSA) is 50.1 Å². The third-order valence-electron chi connectivity index (χ3n) is 3.93. The zero-order valence-corrected chi connectivity index (χ0v) is 9.16. The van der Waals surface area contributed by atoms with E-state index in [9.17, 15) is 4.79 Å². The summed E-state index contributed by atoms with van der Waals surface area (Å²) >= 11 is 0. The minimum absolute atomic E-state index is 0.194. The van der Waals surface area contributed by atoms with E-state index in [0.29, 0.717) is 12.3 Å². The molecule has 15 heavy (non-hydrogen) atoms. The van der Waals surface area contributed by atoms with Gasteiger partial charge >= 0.3 is 5.97 Å². The molecule has 0 spiro atoms. The van der Waals surface area contributed by atoms with E-state index in [-0.39, 0.29) is 11.6 Å². The van der Waals surface area contributed by atoms with Gasteiger partial charge in [-0.3, -0.25) is 4.79 Å². The highest BCUT2D eigenvalue weighted by molar-refractivity contribution is 5.66. The summed E-state index contributed by atoms with van der Waals surface area (Å²) in [5.41, 5.74) is -0.287. The molecule has 3 atom stereocenters. The van der Waals surface area contributed by atoms with Gasteiger partial charge in [0.05, 0.1) is 6.07 Å². The molecule has 0 aromatic carbocycles. The number of fused-ring (bicyclic) bond motifs is 2. The molecule has 0 heterocycles. The highest BCUT2D eigenvalue weighted by Gasteiger charge is 2.52. The SMILES string of the molecule is CC(=O)OC1(CCC#N)CC2CCC1C2. The van der Waals surface area contributed by atoms with Gasteiger partial charge < -0.3 is 4.74 Å². The second kappa shape index (κ2) is 3.84. The molecule has 82 valence electrons. The van der Waals surface area contributed by atoms with Crippen molar-refractivity contribution in [2.45, 2.75) is 51.0 Å². The smallest absolute Gasteiger partial charge is 0.303 e. The molecule has 2 aliphatic carbocycles. The Bertz CT molecular complexity index is 307. The summed E-state index contributed by atoms with van der Waals surface area (Å²) in [4.78, 5) is 11.1. The molecule has 3 unspecified atom stereocenters. The molecule has 0 aromatic rings. The Morgan fingerprint density at radius 3 is 2.87 bits per heavy atom. The van der Waals surface area contributed by atoms with Crippen molar-refractivity contribution in [2.24, 2.45) is 11.8 Å². The number of nitriles is 1. The van der Waals surface area contributed by atoms with Gasteiger partial charge in [0.15, 0.2) is 0 Å². The van der Waals surface area contributed by atoms with Gasteiger partial charge in [-0.05, 0) is 37.5 Å². The van der Waals surface area contributed by atoms with E-state index >= 15 is 0 Å². The molecule has 0 saturated heterocycles. The molecule has 0 aromatic heterocycles. The summed E-state index contributed by atoms with van der Waals surface area (Å²) < 4.78 is 5.54. The average molecular weight is 207 g/mol. The normalized spacial score (nSPS) is 37.6. The van der Waals surface area contributed by atoms with Crippen molar-refractivity contribution in [3.05, 3.63) is 0 Å². The van der Waals surface area contributed by atoms with Crippen molar-refractivity contribution in [3.8, 4) is 6.07 Å². The fourth-order valence-corrected chi connectivity index (χ4v) is 3.43. The molecule has 2 bridgehead atoms. The lowest BCUT2D eigenvalue weighted by atomic mass is 9.80. The maximum Gasteiger partial charge on any atom is 0.303 e. The van der Waals surface area contributed by atoms with E-state index in [4.69, 9.17) is 10.00 Å². The van der Waals surface area contributed by atoms with Gasteiger partial charge in [-0.15, -0.1) is 0 Å². The summed E-state index contributed by atoms with van der Waals surface area (Å²) in [6.07, 6.45) is 5.85. The van der Waals surface area contributed by atoms with Crippen LogP contribution in [0.1, 0.15) is 45.4 Å². The Hall–Kier alpha value is -1.04. The first-order valence-corrected chi connectivity index (χ1v) is 5.73. The third kappa shape index (κ3) is 1.86. The zero-order chi connectivity index (χ0) is 10.9. The number of carbonyl (C=O) groups is 1. The van der Waals surface area contributed by atoms with Crippen molar-refractivity contribution < 1.29 is 9.53 Å². The summed E-state index contributed by atoms with van der Waals surface area (Å²) in [6.45, 7) is 1.47. The van der Waals surface area contributed by atoms with Gasteiger partial charge in [0.1, 0.15) is 5.60 Å². The summed E-state index contributed by atoms with van der Waals surface area (Å²) in [5, 5.41) is 8.65. The minimum atomic E-state index is -0.287. The van der Waals surface area contributed by atoms with Crippen molar-refractivity contribution in [1.82, 2.24) is 0 Å². The first-order chi connectivity index (χ1) is 7.16. The van der Waals surface area contributed by atoms with Gasteiger partial charge in [0, 0.05) is 19.8 Å². The number of carbonyl (C=O) groups excluding carboxylic acids is 1. The van der Waals surface area contributed by atoms with Crippen LogP contribution in [0.5, 0.6) is 0 Å². The van der Waals surface area contributed by atoms with Gasteiger partial charge in [0.2, 0.25) is 0 Å². The number of hydrogen-bond acceptors (Lipinski definition) is 3. The van der Waals surface area contributed by atoms with E-state index < -0.39 is 0 Å². The lowest BCUT2D eigenvalue weighted by Gasteiger charge is -2.36. The van der Waals surface area contributed by atoms with Crippen LogP contribution in [0, 0.1) is 23.2 Å². The molecule has 0 amide bonds. The first-order valence-electron chi connectivity index (χ1n) is 5.73. The fourth-order valence-electron chi connectivity index (χ4n) is 3.43. The molecule has 0 aliphatic heterocycles. The van der Waals surface area contributed by atoms with E-state index in [1.165, 1.54) is 26.2 Å². The second-order valence-electron chi connectivity index (χ2n) is 4.90. The average Bonchev–Trinajstić information content (AvgIpc) is 2.73. The second-order valence-corrected chi connectivity index (χ2v) is 4.90. The minimum Gasteiger partial charge on any atom is -0.459 e. The number of rotatable bonds is 3. The van der Waals surface area contributed by atoms with E-state index in [1.807, 2.05) is 0 Å². The van der Waals surface area contributed by atoms with Crippen LogP contribution >= 0.6 is 0 Å². The van der Waals surface area contributed by atoms with E-state index in [2.05, 4.69) is 6.07 Å². The van der Waals surface area contributed by atoms with Crippen LogP contribution in [0.15, 0.2) is 0 Å². The van der Waals surface area contributed by atoms with Crippen LogP contribution < -0.4 is 0 Å². The zero-order valence-electron chi connectivity index (χ0n) is 9.16. The van der Waals surface area contributed by atoms with Crippen molar-refractivity contribution >= 4 is 5.97 Å². The van der Waals surface area contributed by atoms with Gasteiger partial charge in [-0.1, -0.05) is 0 Å². The summed E-state index contributed by atoms with van der Waals surface area (Å²) in [5.74, 6) is 1.05. The Labute approximate surface area is 90.4 Å². The Morgan fingerprint density at radius 1 is 1.60 bits per heavy atom. The van der Waals surface area contributed by atoms with Crippen LogP contribution in [0.4, 0.5) is 0 Å². The highest BCUT2D eigenvalue weighted by Crippen LogP contribution is 2.54. The van der Waals surface area contributed by atoms with Gasteiger partial charge in [-0.25, -0.2) is 0 Å². The maximum absolute atomic E-state index is 11.1. The molecular weight excluding hydrogens is 190 g/mol. The first kappa shape index (κ1) is 10.5. The van der Waals surface area contributed by atoms with Crippen molar-refractivity contribution in [2.75, 3.05) is 0 Å². The van der Waals surface area contributed by atoms with Crippen LogP contribution in [-0.2, 0) is 9.53 Å². The van der Waals surface area contributed by atoms with Gasteiger partial charge in [-0.2, -0.15) is 5.26 Å². The third-order valence-corrected chi connectivity index (χ3v) is 3.93. The fraction of sp³-hybridized carbons (Fsp3) is 0.833. The quantitative estimate of drug-likeness (QED) is 0.668. The molecule has 3 nitrogen and oxygen atoms in total. The molecular formula is C12H17NO2. The predicted octanol–water partition coefficient (Wildman–Crippen LogP) is 2.41. The van der Waals surface area contributed by atoms with Crippen LogP contribution in [0.25, 0.3) is 0 Å². The number of esters is 1. The highest BCUT2D eigenvalue weighted by atomic mass is 16.6.